The van der Waals surface area contributed by atoms with E-state index < -0.39 is 0 Å². The molecular formula is C13H9BrO2. The van der Waals surface area contributed by atoms with Crippen LogP contribution in [0.15, 0.2) is 34.8 Å². The Hall–Kier alpha value is -1.35. The van der Waals surface area contributed by atoms with Gasteiger partial charge in [0.15, 0.2) is 5.78 Å². The first-order valence-corrected chi connectivity index (χ1v) is 5.94. The molecule has 0 fully saturated rings. The van der Waals surface area contributed by atoms with Crippen molar-refractivity contribution in [3.63, 3.8) is 0 Å². The first-order valence-electron chi connectivity index (χ1n) is 5.14. The summed E-state index contributed by atoms with van der Waals surface area (Å²) in [4.78, 5) is 11.8. The maximum Gasteiger partial charge on any atom is 0.170 e. The third-order valence-electron chi connectivity index (χ3n) is 2.82. The van der Waals surface area contributed by atoms with Crippen LogP contribution in [0.3, 0.4) is 0 Å². The average molecular weight is 277 g/mol. The average Bonchev–Trinajstić information content (AvgIpc) is 2.31. The molecule has 2 nitrogen and oxygen atoms in total. The van der Waals surface area contributed by atoms with Crippen LogP contribution in [0.4, 0.5) is 0 Å². The zero-order valence-corrected chi connectivity index (χ0v) is 10.1. The van der Waals surface area contributed by atoms with Gasteiger partial charge in [-0.3, -0.25) is 4.79 Å². The van der Waals surface area contributed by atoms with Crippen LogP contribution in [0.1, 0.15) is 16.8 Å². The Kier molecular flexibility index (Phi) is 2.21. The zero-order chi connectivity index (χ0) is 11.1. The molecule has 0 aromatic heterocycles. The van der Waals surface area contributed by atoms with Crippen LogP contribution in [-0.2, 0) is 0 Å². The summed E-state index contributed by atoms with van der Waals surface area (Å²) >= 11 is 3.52. The summed E-state index contributed by atoms with van der Waals surface area (Å²) in [7, 11) is 0. The second-order valence-corrected chi connectivity index (χ2v) is 4.60. The van der Waals surface area contributed by atoms with Crippen molar-refractivity contribution in [3.05, 3.63) is 40.4 Å². The third-order valence-corrected chi connectivity index (χ3v) is 3.60. The van der Waals surface area contributed by atoms with E-state index in [1.54, 1.807) is 0 Å². The van der Waals surface area contributed by atoms with E-state index in [4.69, 9.17) is 4.74 Å². The molecule has 0 spiro atoms. The van der Waals surface area contributed by atoms with E-state index in [0.717, 1.165) is 15.2 Å². The van der Waals surface area contributed by atoms with Crippen LogP contribution in [0.5, 0.6) is 5.75 Å². The van der Waals surface area contributed by atoms with Crippen LogP contribution in [0.2, 0.25) is 0 Å². The molecular weight excluding hydrogens is 268 g/mol. The van der Waals surface area contributed by atoms with Gasteiger partial charge in [0.2, 0.25) is 0 Å². The SMILES string of the molecule is O=C1CCOc2c1cc1ccccc1c2Br. The lowest BCUT2D eigenvalue weighted by Gasteiger charge is -2.19. The van der Waals surface area contributed by atoms with Gasteiger partial charge in [-0.05, 0) is 32.8 Å². The van der Waals surface area contributed by atoms with E-state index >= 15 is 0 Å². The molecule has 2 aromatic rings. The van der Waals surface area contributed by atoms with Crippen LogP contribution in [-0.4, -0.2) is 12.4 Å². The Morgan fingerprint density at radius 1 is 1.25 bits per heavy atom. The molecule has 16 heavy (non-hydrogen) atoms. The molecule has 0 amide bonds. The molecule has 0 saturated carbocycles. The number of carbonyl (C=O) groups excluding carboxylic acids is 1. The molecule has 1 aliphatic heterocycles. The van der Waals surface area contributed by atoms with Gasteiger partial charge in [0.05, 0.1) is 16.6 Å². The van der Waals surface area contributed by atoms with Crippen molar-refractivity contribution in [2.45, 2.75) is 6.42 Å². The summed E-state index contributed by atoms with van der Waals surface area (Å²) in [5, 5.41) is 2.14. The van der Waals surface area contributed by atoms with Crippen LogP contribution >= 0.6 is 15.9 Å². The first-order chi connectivity index (χ1) is 7.77. The molecule has 1 aliphatic rings. The number of ketones is 1. The Morgan fingerprint density at radius 2 is 2.06 bits per heavy atom. The molecule has 0 radical (unpaired) electrons. The molecule has 0 N–H and O–H groups in total. The fraction of sp³-hybridized carbons (Fsp3) is 0.154. The van der Waals surface area contributed by atoms with Crippen LogP contribution in [0.25, 0.3) is 10.8 Å². The van der Waals surface area contributed by atoms with Crippen molar-refractivity contribution in [1.82, 2.24) is 0 Å². The number of rotatable bonds is 0. The van der Waals surface area contributed by atoms with E-state index in [-0.39, 0.29) is 5.78 Å². The topological polar surface area (TPSA) is 26.3 Å². The fourth-order valence-corrected chi connectivity index (χ4v) is 2.70. The Labute approximate surface area is 101 Å². The number of Topliss-reactive ketones (excluding diaryl/α,β-unsaturated/α-hetero) is 1. The van der Waals surface area contributed by atoms with Gasteiger partial charge in [0.1, 0.15) is 5.75 Å². The number of carbonyl (C=O) groups is 1. The minimum atomic E-state index is 0.160. The number of hydrogen-bond donors (Lipinski definition) is 0. The van der Waals surface area contributed by atoms with E-state index in [2.05, 4.69) is 15.9 Å². The second-order valence-electron chi connectivity index (χ2n) is 3.81. The lowest BCUT2D eigenvalue weighted by Crippen LogP contribution is -2.15. The monoisotopic (exact) mass is 276 g/mol. The number of benzene rings is 2. The summed E-state index contributed by atoms with van der Waals surface area (Å²) in [5.41, 5.74) is 0.692. The Morgan fingerprint density at radius 3 is 2.94 bits per heavy atom. The third kappa shape index (κ3) is 1.35. The van der Waals surface area contributed by atoms with Crippen molar-refractivity contribution in [2.24, 2.45) is 0 Å². The van der Waals surface area contributed by atoms with Crippen molar-refractivity contribution in [3.8, 4) is 5.75 Å². The van der Waals surface area contributed by atoms with Crippen molar-refractivity contribution in [2.75, 3.05) is 6.61 Å². The Balaban J connectivity index is 2.40. The van der Waals surface area contributed by atoms with Crippen LogP contribution < -0.4 is 4.74 Å². The van der Waals surface area contributed by atoms with Gasteiger partial charge in [-0.15, -0.1) is 0 Å². The standard InChI is InChI=1S/C13H9BrO2/c14-12-9-4-2-1-3-8(9)7-10-11(15)5-6-16-13(10)12/h1-4,7H,5-6H2. The van der Waals surface area contributed by atoms with Gasteiger partial charge in [-0.1, -0.05) is 24.3 Å². The van der Waals surface area contributed by atoms with Crippen LogP contribution in [0, 0.1) is 0 Å². The lowest BCUT2D eigenvalue weighted by atomic mass is 10.0. The van der Waals surface area contributed by atoms with Crippen molar-refractivity contribution < 1.29 is 9.53 Å². The van der Waals surface area contributed by atoms with Crippen molar-refractivity contribution >= 4 is 32.5 Å². The number of fused-ring (bicyclic) bond motifs is 2. The predicted octanol–water partition coefficient (Wildman–Crippen LogP) is 3.57. The zero-order valence-electron chi connectivity index (χ0n) is 8.50. The summed E-state index contributed by atoms with van der Waals surface area (Å²) < 4.78 is 6.45. The van der Waals surface area contributed by atoms with E-state index in [1.165, 1.54) is 0 Å². The maximum atomic E-state index is 11.8. The molecule has 0 unspecified atom stereocenters. The van der Waals surface area contributed by atoms with Gasteiger partial charge in [0.25, 0.3) is 0 Å². The molecule has 80 valence electrons. The highest BCUT2D eigenvalue weighted by Gasteiger charge is 2.22. The molecule has 0 saturated heterocycles. The van der Waals surface area contributed by atoms with E-state index in [9.17, 15) is 4.79 Å². The lowest BCUT2D eigenvalue weighted by molar-refractivity contribution is 0.0933. The quantitative estimate of drug-likeness (QED) is 0.735. The maximum absolute atomic E-state index is 11.8. The molecule has 2 aromatic carbocycles. The normalized spacial score (nSPS) is 14.7. The van der Waals surface area contributed by atoms with E-state index in [0.29, 0.717) is 24.3 Å². The largest absolute Gasteiger partial charge is 0.491 e. The summed E-state index contributed by atoms with van der Waals surface area (Å²) in [6.45, 7) is 0.475. The van der Waals surface area contributed by atoms with Gasteiger partial charge >= 0.3 is 0 Å². The predicted molar refractivity (Wildman–Crippen MR) is 66.1 cm³/mol. The van der Waals surface area contributed by atoms with E-state index in [1.807, 2.05) is 30.3 Å². The molecule has 3 heteroatoms. The summed E-state index contributed by atoms with van der Waals surface area (Å²) in [5.74, 6) is 0.850. The molecule has 0 bridgehead atoms. The van der Waals surface area contributed by atoms with Crippen molar-refractivity contribution in [1.29, 1.82) is 0 Å². The minimum absolute atomic E-state index is 0.160. The first kappa shape index (κ1) is 9.85. The highest BCUT2D eigenvalue weighted by molar-refractivity contribution is 9.10. The fourth-order valence-electron chi connectivity index (χ4n) is 2.01. The Bertz CT molecular complexity index is 590. The summed E-state index contributed by atoms with van der Waals surface area (Å²) in [6, 6.07) is 9.88. The molecule has 0 aliphatic carbocycles. The highest BCUT2D eigenvalue weighted by Crippen LogP contribution is 2.38. The van der Waals surface area contributed by atoms with Gasteiger partial charge in [0, 0.05) is 6.42 Å². The molecule has 1 heterocycles. The number of ether oxygens (including phenoxy) is 1. The number of hydrogen-bond acceptors (Lipinski definition) is 2. The number of halogens is 1. The molecule has 3 rings (SSSR count). The summed E-state index contributed by atoms with van der Waals surface area (Å²) in [6.07, 6.45) is 0.470. The van der Waals surface area contributed by atoms with Gasteiger partial charge in [-0.2, -0.15) is 0 Å². The highest BCUT2D eigenvalue weighted by atomic mass is 79.9. The smallest absolute Gasteiger partial charge is 0.170 e. The van der Waals surface area contributed by atoms with Gasteiger partial charge < -0.3 is 4.74 Å². The second kappa shape index (κ2) is 3.59. The molecule has 0 atom stereocenters. The minimum Gasteiger partial charge on any atom is -0.491 e. The van der Waals surface area contributed by atoms with Gasteiger partial charge in [-0.25, -0.2) is 0 Å².